The number of esters is 2. The Morgan fingerprint density at radius 2 is 1.84 bits per heavy atom. The van der Waals surface area contributed by atoms with Crippen molar-refractivity contribution in [3.8, 4) is 5.75 Å². The fourth-order valence-electron chi connectivity index (χ4n) is 3.00. The molecular formula is C19H19BrO5. The number of halogens is 1. The van der Waals surface area contributed by atoms with E-state index in [0.717, 1.165) is 19.3 Å². The summed E-state index contributed by atoms with van der Waals surface area (Å²) in [5.41, 5.74) is 0.573. The van der Waals surface area contributed by atoms with Crippen LogP contribution in [0.25, 0.3) is 6.08 Å². The van der Waals surface area contributed by atoms with E-state index in [4.69, 9.17) is 14.2 Å². The minimum atomic E-state index is -1.06. The quantitative estimate of drug-likeness (QED) is 0.325. The van der Waals surface area contributed by atoms with Crippen LogP contribution < -0.4 is 4.74 Å². The maximum absolute atomic E-state index is 12.3. The van der Waals surface area contributed by atoms with Gasteiger partial charge in [0, 0.05) is 12.8 Å². The molecule has 1 aromatic rings. The fraction of sp³-hybridized carbons (Fsp3) is 0.368. The Labute approximate surface area is 154 Å². The van der Waals surface area contributed by atoms with Gasteiger partial charge in [0.05, 0.1) is 4.47 Å². The molecule has 0 aromatic heterocycles. The second-order valence-corrected chi connectivity index (χ2v) is 6.95. The molecular weight excluding hydrogens is 388 g/mol. The van der Waals surface area contributed by atoms with Crippen LogP contribution in [0.5, 0.6) is 5.75 Å². The van der Waals surface area contributed by atoms with Gasteiger partial charge in [-0.2, -0.15) is 0 Å². The molecule has 0 radical (unpaired) electrons. The zero-order valence-electron chi connectivity index (χ0n) is 13.8. The van der Waals surface area contributed by atoms with Crippen molar-refractivity contribution in [2.75, 3.05) is 6.61 Å². The summed E-state index contributed by atoms with van der Waals surface area (Å²) in [6.07, 6.45) is 7.10. The van der Waals surface area contributed by atoms with E-state index in [-0.39, 0.29) is 5.57 Å². The number of rotatable bonds is 4. The van der Waals surface area contributed by atoms with Crippen LogP contribution in [0.15, 0.2) is 40.9 Å². The average molecular weight is 407 g/mol. The molecule has 1 saturated heterocycles. The summed E-state index contributed by atoms with van der Waals surface area (Å²) in [6, 6.07) is 5.26. The van der Waals surface area contributed by atoms with E-state index in [2.05, 4.69) is 22.5 Å². The molecule has 6 heteroatoms. The molecule has 0 N–H and O–H groups in total. The summed E-state index contributed by atoms with van der Waals surface area (Å²) in [4.78, 5) is 24.7. The van der Waals surface area contributed by atoms with Crippen molar-refractivity contribution < 1.29 is 23.8 Å². The van der Waals surface area contributed by atoms with Crippen LogP contribution in [0.1, 0.15) is 37.7 Å². The average Bonchev–Trinajstić information content (AvgIpc) is 2.58. The summed E-state index contributed by atoms with van der Waals surface area (Å²) >= 11 is 3.41. The van der Waals surface area contributed by atoms with E-state index in [1.165, 1.54) is 6.08 Å². The van der Waals surface area contributed by atoms with Gasteiger partial charge in [-0.1, -0.05) is 25.1 Å². The molecule has 0 bridgehead atoms. The number of hydrogen-bond acceptors (Lipinski definition) is 5. The van der Waals surface area contributed by atoms with E-state index in [9.17, 15) is 9.59 Å². The smallest absolute Gasteiger partial charge is 0.348 e. The van der Waals surface area contributed by atoms with E-state index >= 15 is 0 Å². The van der Waals surface area contributed by atoms with Crippen LogP contribution in [-0.4, -0.2) is 24.3 Å². The minimum absolute atomic E-state index is 0.0946. The predicted octanol–water partition coefficient (Wildman–Crippen LogP) is 4.16. The van der Waals surface area contributed by atoms with Crippen LogP contribution in [0.2, 0.25) is 0 Å². The first-order valence-electron chi connectivity index (χ1n) is 8.25. The van der Waals surface area contributed by atoms with Crippen molar-refractivity contribution in [1.82, 2.24) is 0 Å². The zero-order valence-corrected chi connectivity index (χ0v) is 15.3. The number of ether oxygens (including phenoxy) is 3. The normalized spacial score (nSPS) is 19.2. The first-order chi connectivity index (χ1) is 12.0. The highest BCUT2D eigenvalue weighted by molar-refractivity contribution is 9.10. The Balaban J connectivity index is 1.79. The first-order valence-corrected chi connectivity index (χ1v) is 9.04. The minimum Gasteiger partial charge on any atom is -0.488 e. The van der Waals surface area contributed by atoms with Crippen LogP contribution in [0.4, 0.5) is 0 Å². The number of benzene rings is 1. The van der Waals surface area contributed by atoms with Crippen LogP contribution in [0, 0.1) is 0 Å². The van der Waals surface area contributed by atoms with Gasteiger partial charge in [0.2, 0.25) is 0 Å². The van der Waals surface area contributed by atoms with Crippen LogP contribution >= 0.6 is 15.9 Å². The van der Waals surface area contributed by atoms with Crippen LogP contribution in [-0.2, 0) is 19.1 Å². The second kappa shape index (κ2) is 7.44. The molecule has 25 heavy (non-hydrogen) atoms. The Kier molecular flexibility index (Phi) is 5.27. The second-order valence-electron chi connectivity index (χ2n) is 6.10. The van der Waals surface area contributed by atoms with Gasteiger partial charge in [0.1, 0.15) is 17.9 Å². The summed E-state index contributed by atoms with van der Waals surface area (Å²) < 4.78 is 17.2. The van der Waals surface area contributed by atoms with E-state index < -0.39 is 17.7 Å². The Bertz CT molecular complexity index is 709. The molecule has 3 rings (SSSR count). The molecule has 5 nitrogen and oxygen atoms in total. The van der Waals surface area contributed by atoms with Crippen molar-refractivity contribution in [2.45, 2.75) is 37.9 Å². The highest BCUT2D eigenvalue weighted by Gasteiger charge is 2.46. The summed E-state index contributed by atoms with van der Waals surface area (Å²) in [6.45, 7) is 3.99. The highest BCUT2D eigenvalue weighted by atomic mass is 79.9. The molecule has 1 aliphatic carbocycles. The fourth-order valence-corrected chi connectivity index (χ4v) is 3.51. The SMILES string of the molecule is C=CCOc1ccc(C=C2C(=O)OC3(CCCCC3)OC2=O)cc1Br. The van der Waals surface area contributed by atoms with E-state index in [1.807, 2.05) is 0 Å². The highest BCUT2D eigenvalue weighted by Crippen LogP contribution is 2.37. The van der Waals surface area contributed by atoms with Gasteiger partial charge in [0.15, 0.2) is 0 Å². The lowest BCUT2D eigenvalue weighted by Gasteiger charge is -2.38. The van der Waals surface area contributed by atoms with Crippen molar-refractivity contribution in [3.05, 3.63) is 46.5 Å². The molecule has 1 heterocycles. The molecule has 0 unspecified atom stereocenters. The van der Waals surface area contributed by atoms with Gasteiger partial charge in [-0.25, -0.2) is 9.59 Å². The standard InChI is InChI=1S/C19H19BrO5/c1-2-10-23-16-7-6-13(12-15(16)20)11-14-17(21)24-19(25-18(14)22)8-4-3-5-9-19/h2,6-7,11-12H,1,3-5,8-10H2. The number of carbonyl (C=O) groups excluding carboxylic acids is 2. The molecule has 1 aromatic carbocycles. The van der Waals surface area contributed by atoms with E-state index in [1.54, 1.807) is 24.3 Å². The molecule has 0 atom stereocenters. The third-order valence-electron chi connectivity index (χ3n) is 4.24. The molecule has 1 saturated carbocycles. The van der Waals surface area contributed by atoms with E-state index in [0.29, 0.717) is 35.2 Å². The number of hydrogen-bond donors (Lipinski definition) is 0. The van der Waals surface area contributed by atoms with Gasteiger partial charge in [-0.15, -0.1) is 0 Å². The third-order valence-corrected chi connectivity index (χ3v) is 4.86. The molecule has 2 fully saturated rings. The maximum Gasteiger partial charge on any atom is 0.348 e. The van der Waals surface area contributed by atoms with Gasteiger partial charge in [-0.05, 0) is 52.5 Å². The number of carbonyl (C=O) groups is 2. The van der Waals surface area contributed by atoms with Crippen molar-refractivity contribution in [1.29, 1.82) is 0 Å². The van der Waals surface area contributed by atoms with Crippen molar-refractivity contribution in [2.24, 2.45) is 0 Å². The van der Waals surface area contributed by atoms with Crippen molar-refractivity contribution >= 4 is 33.9 Å². The molecule has 132 valence electrons. The predicted molar refractivity (Wildman–Crippen MR) is 95.8 cm³/mol. The van der Waals surface area contributed by atoms with Gasteiger partial charge in [-0.3, -0.25) is 0 Å². The summed E-state index contributed by atoms with van der Waals surface area (Å²) in [5.74, 6) is -1.66. The summed E-state index contributed by atoms with van der Waals surface area (Å²) in [5, 5.41) is 0. The zero-order chi connectivity index (χ0) is 17.9. The maximum atomic E-state index is 12.3. The molecule has 1 spiro atoms. The third kappa shape index (κ3) is 3.95. The lowest BCUT2D eigenvalue weighted by Crippen LogP contribution is -2.47. The largest absolute Gasteiger partial charge is 0.488 e. The lowest BCUT2D eigenvalue weighted by molar-refractivity contribution is -0.244. The van der Waals surface area contributed by atoms with Gasteiger partial charge < -0.3 is 14.2 Å². The Morgan fingerprint density at radius 3 is 2.44 bits per heavy atom. The molecule has 1 aliphatic heterocycles. The molecule has 0 amide bonds. The van der Waals surface area contributed by atoms with Crippen LogP contribution in [0.3, 0.4) is 0 Å². The van der Waals surface area contributed by atoms with Crippen molar-refractivity contribution in [3.63, 3.8) is 0 Å². The Morgan fingerprint density at radius 1 is 1.16 bits per heavy atom. The lowest BCUT2D eigenvalue weighted by atomic mass is 9.93. The topological polar surface area (TPSA) is 61.8 Å². The van der Waals surface area contributed by atoms with Gasteiger partial charge in [0.25, 0.3) is 5.79 Å². The van der Waals surface area contributed by atoms with Gasteiger partial charge >= 0.3 is 11.9 Å². The molecule has 2 aliphatic rings. The summed E-state index contributed by atoms with van der Waals surface area (Å²) in [7, 11) is 0. The monoisotopic (exact) mass is 406 g/mol. The Hall–Kier alpha value is -2.08. The first kappa shape index (κ1) is 17.7.